The van der Waals surface area contributed by atoms with Crippen LogP contribution < -0.4 is 5.32 Å². The Balaban J connectivity index is 1.70. The van der Waals surface area contributed by atoms with Crippen LogP contribution in [0.2, 0.25) is 0 Å². The maximum Gasteiger partial charge on any atom is 0.339 e. The molecule has 0 aliphatic rings. The standard InChI is InChI=1S/C24H18N2O5/c1-30-23(28)16-8-6-9-18(13-16)26-22(27)15-31-24(29)21-12-5-4-11-20(21)19-10-3-2-7-17(19)14-25/h2-13H,15H2,1H3,(H,26,27). The zero-order valence-corrected chi connectivity index (χ0v) is 16.6. The van der Waals surface area contributed by atoms with Gasteiger partial charge in [-0.2, -0.15) is 5.26 Å². The number of methoxy groups -OCH3 is 1. The Kier molecular flexibility index (Phi) is 6.76. The van der Waals surface area contributed by atoms with Crippen molar-refractivity contribution in [1.82, 2.24) is 0 Å². The summed E-state index contributed by atoms with van der Waals surface area (Å²) in [5, 5.41) is 11.9. The SMILES string of the molecule is COC(=O)c1cccc(NC(=O)COC(=O)c2ccccc2-c2ccccc2C#N)c1. The first-order chi connectivity index (χ1) is 15.0. The van der Waals surface area contributed by atoms with Gasteiger partial charge in [0.1, 0.15) is 0 Å². The minimum absolute atomic E-state index is 0.241. The summed E-state index contributed by atoms with van der Waals surface area (Å²) in [6, 6.07) is 21.9. The third-order valence-electron chi connectivity index (χ3n) is 4.39. The molecule has 0 aliphatic carbocycles. The third-order valence-corrected chi connectivity index (χ3v) is 4.39. The highest BCUT2D eigenvalue weighted by atomic mass is 16.5. The van der Waals surface area contributed by atoms with Gasteiger partial charge >= 0.3 is 11.9 Å². The normalized spacial score (nSPS) is 9.94. The van der Waals surface area contributed by atoms with Gasteiger partial charge in [0, 0.05) is 11.3 Å². The fourth-order valence-corrected chi connectivity index (χ4v) is 2.96. The highest BCUT2D eigenvalue weighted by molar-refractivity contribution is 6.00. The summed E-state index contributed by atoms with van der Waals surface area (Å²) in [6.07, 6.45) is 0. The van der Waals surface area contributed by atoms with Gasteiger partial charge in [-0.1, -0.05) is 42.5 Å². The number of nitrogens with zero attached hydrogens (tertiary/aromatic N) is 1. The lowest BCUT2D eigenvalue weighted by Gasteiger charge is -2.11. The molecule has 0 aliphatic heterocycles. The number of rotatable bonds is 6. The van der Waals surface area contributed by atoms with Crippen molar-refractivity contribution >= 4 is 23.5 Å². The molecule has 7 nitrogen and oxygen atoms in total. The zero-order chi connectivity index (χ0) is 22.2. The Morgan fingerprint density at radius 2 is 1.61 bits per heavy atom. The van der Waals surface area contributed by atoms with Crippen LogP contribution in [0, 0.1) is 11.3 Å². The molecule has 3 aromatic rings. The van der Waals surface area contributed by atoms with E-state index in [1.54, 1.807) is 66.7 Å². The fourth-order valence-electron chi connectivity index (χ4n) is 2.96. The van der Waals surface area contributed by atoms with Crippen LogP contribution in [0.5, 0.6) is 0 Å². The summed E-state index contributed by atoms with van der Waals surface area (Å²) < 4.78 is 9.82. The molecule has 0 spiro atoms. The molecule has 7 heteroatoms. The predicted octanol–water partition coefficient (Wildman–Crippen LogP) is 3.81. The Morgan fingerprint density at radius 1 is 0.903 bits per heavy atom. The Morgan fingerprint density at radius 3 is 2.35 bits per heavy atom. The van der Waals surface area contributed by atoms with E-state index >= 15 is 0 Å². The van der Waals surface area contributed by atoms with Gasteiger partial charge in [0.05, 0.1) is 29.9 Å². The Labute approximate surface area is 178 Å². The second-order valence-electron chi connectivity index (χ2n) is 6.40. The van der Waals surface area contributed by atoms with Gasteiger partial charge in [-0.15, -0.1) is 0 Å². The van der Waals surface area contributed by atoms with Crippen molar-refractivity contribution in [2.75, 3.05) is 19.0 Å². The molecule has 0 saturated carbocycles. The smallest absolute Gasteiger partial charge is 0.339 e. The van der Waals surface area contributed by atoms with Crippen molar-refractivity contribution in [2.24, 2.45) is 0 Å². The number of hydrogen-bond donors (Lipinski definition) is 1. The van der Waals surface area contributed by atoms with E-state index in [2.05, 4.69) is 16.1 Å². The molecule has 0 atom stereocenters. The molecule has 0 saturated heterocycles. The summed E-state index contributed by atoms with van der Waals surface area (Å²) in [5.74, 6) is -1.79. The lowest BCUT2D eigenvalue weighted by molar-refractivity contribution is -0.119. The molecule has 0 heterocycles. The van der Waals surface area contributed by atoms with Gasteiger partial charge in [-0.3, -0.25) is 4.79 Å². The molecule has 3 rings (SSSR count). The maximum absolute atomic E-state index is 12.6. The molecule has 1 amide bonds. The molecule has 3 aromatic carbocycles. The van der Waals surface area contributed by atoms with Crippen molar-refractivity contribution in [3.63, 3.8) is 0 Å². The quantitative estimate of drug-likeness (QED) is 0.615. The van der Waals surface area contributed by atoms with E-state index in [1.807, 2.05) is 0 Å². The van der Waals surface area contributed by atoms with Gasteiger partial charge in [0.25, 0.3) is 5.91 Å². The van der Waals surface area contributed by atoms with Gasteiger partial charge in [0.2, 0.25) is 0 Å². The van der Waals surface area contributed by atoms with Crippen molar-refractivity contribution < 1.29 is 23.9 Å². The molecule has 0 unspecified atom stereocenters. The minimum atomic E-state index is -0.693. The van der Waals surface area contributed by atoms with E-state index in [-0.39, 0.29) is 11.1 Å². The summed E-state index contributed by atoms with van der Waals surface area (Å²) in [4.78, 5) is 36.4. The van der Waals surface area contributed by atoms with Crippen LogP contribution in [-0.4, -0.2) is 31.6 Å². The Bertz CT molecular complexity index is 1180. The lowest BCUT2D eigenvalue weighted by Crippen LogP contribution is -2.21. The first-order valence-corrected chi connectivity index (χ1v) is 9.27. The van der Waals surface area contributed by atoms with Crippen LogP contribution in [0.15, 0.2) is 72.8 Å². The highest BCUT2D eigenvalue weighted by Gasteiger charge is 2.17. The topological polar surface area (TPSA) is 105 Å². The van der Waals surface area contributed by atoms with Crippen LogP contribution >= 0.6 is 0 Å². The number of nitriles is 1. The highest BCUT2D eigenvalue weighted by Crippen LogP contribution is 2.27. The van der Waals surface area contributed by atoms with Crippen LogP contribution in [0.25, 0.3) is 11.1 Å². The minimum Gasteiger partial charge on any atom is -0.465 e. The summed E-state index contributed by atoms with van der Waals surface area (Å²) in [6.45, 7) is -0.518. The van der Waals surface area contributed by atoms with Gasteiger partial charge < -0.3 is 14.8 Å². The summed E-state index contributed by atoms with van der Waals surface area (Å²) in [7, 11) is 1.26. The van der Waals surface area contributed by atoms with E-state index < -0.39 is 24.5 Å². The molecule has 154 valence electrons. The number of carbonyl (C=O) groups is 3. The molecule has 1 N–H and O–H groups in total. The summed E-state index contributed by atoms with van der Waals surface area (Å²) in [5.41, 5.74) is 2.45. The van der Waals surface area contributed by atoms with Crippen LogP contribution in [0.1, 0.15) is 26.3 Å². The van der Waals surface area contributed by atoms with Crippen molar-refractivity contribution in [3.05, 3.63) is 89.5 Å². The largest absolute Gasteiger partial charge is 0.465 e. The number of esters is 2. The predicted molar refractivity (Wildman–Crippen MR) is 113 cm³/mol. The fraction of sp³-hybridized carbons (Fsp3) is 0.0833. The first kappa shape index (κ1) is 21.3. The van der Waals surface area contributed by atoms with Crippen molar-refractivity contribution in [3.8, 4) is 17.2 Å². The number of benzene rings is 3. The van der Waals surface area contributed by atoms with E-state index in [0.29, 0.717) is 22.4 Å². The third kappa shape index (κ3) is 5.14. The first-order valence-electron chi connectivity index (χ1n) is 9.27. The number of ether oxygens (including phenoxy) is 2. The number of amides is 1. The van der Waals surface area contributed by atoms with E-state index in [1.165, 1.54) is 13.2 Å². The molecule has 0 fully saturated rings. The van der Waals surface area contributed by atoms with E-state index in [9.17, 15) is 19.6 Å². The van der Waals surface area contributed by atoms with Crippen LogP contribution in [0.4, 0.5) is 5.69 Å². The number of anilines is 1. The number of hydrogen-bond acceptors (Lipinski definition) is 6. The molecule has 0 bridgehead atoms. The molecular weight excluding hydrogens is 396 g/mol. The van der Waals surface area contributed by atoms with Crippen LogP contribution in [-0.2, 0) is 14.3 Å². The molecule has 0 aromatic heterocycles. The van der Waals surface area contributed by atoms with E-state index in [4.69, 9.17) is 4.74 Å². The second kappa shape index (κ2) is 9.85. The number of carbonyl (C=O) groups excluding carboxylic acids is 3. The average Bonchev–Trinajstić information content (AvgIpc) is 2.82. The van der Waals surface area contributed by atoms with Crippen LogP contribution in [0.3, 0.4) is 0 Å². The van der Waals surface area contributed by atoms with Crippen molar-refractivity contribution in [1.29, 1.82) is 5.26 Å². The number of nitrogens with one attached hydrogen (secondary N) is 1. The lowest BCUT2D eigenvalue weighted by atomic mass is 9.96. The van der Waals surface area contributed by atoms with Gasteiger partial charge in [0.15, 0.2) is 6.61 Å². The Hall–Kier alpha value is -4.44. The second-order valence-corrected chi connectivity index (χ2v) is 6.40. The average molecular weight is 414 g/mol. The zero-order valence-electron chi connectivity index (χ0n) is 16.6. The summed E-state index contributed by atoms with van der Waals surface area (Å²) >= 11 is 0. The monoisotopic (exact) mass is 414 g/mol. The van der Waals surface area contributed by atoms with Gasteiger partial charge in [-0.25, -0.2) is 9.59 Å². The van der Waals surface area contributed by atoms with Gasteiger partial charge in [-0.05, 0) is 35.9 Å². The van der Waals surface area contributed by atoms with Crippen molar-refractivity contribution in [2.45, 2.75) is 0 Å². The van der Waals surface area contributed by atoms with E-state index in [0.717, 1.165) is 0 Å². The molecular formula is C24H18N2O5. The molecule has 31 heavy (non-hydrogen) atoms. The molecule has 0 radical (unpaired) electrons. The maximum atomic E-state index is 12.6.